The van der Waals surface area contributed by atoms with Crippen LogP contribution in [0.1, 0.15) is 23.1 Å². The molecule has 0 atom stereocenters. The summed E-state index contributed by atoms with van der Waals surface area (Å²) >= 11 is 6.15. The normalized spacial score (nSPS) is 15.6. The van der Waals surface area contributed by atoms with Crippen LogP contribution in [-0.4, -0.2) is 48.9 Å². The molecule has 0 unspecified atom stereocenters. The van der Waals surface area contributed by atoms with Gasteiger partial charge in [-0.2, -0.15) is 0 Å². The maximum absolute atomic E-state index is 12.2. The number of nitrogens with zero attached hydrogens (tertiary/aromatic N) is 2. The van der Waals surface area contributed by atoms with Crippen molar-refractivity contribution in [2.24, 2.45) is 0 Å². The lowest BCUT2D eigenvalue weighted by Crippen LogP contribution is -2.43. The van der Waals surface area contributed by atoms with Crippen LogP contribution in [0.15, 0.2) is 48.5 Å². The standard InChI is InChI=1S/C22H28ClN3O/c1-25-11-13-26(14-12-25)17-19-6-4-5-18(15-19)16-24-22(27)10-9-20-7-2-3-8-21(20)23/h2-8,15H,9-14,16-17H2,1H3,(H,24,27). The lowest BCUT2D eigenvalue weighted by Gasteiger charge is -2.32. The Bertz CT molecular complexity index is 757. The van der Waals surface area contributed by atoms with Gasteiger partial charge in [0.15, 0.2) is 0 Å². The fraction of sp³-hybridized carbons (Fsp3) is 0.409. The predicted octanol–water partition coefficient (Wildman–Crippen LogP) is 3.34. The zero-order chi connectivity index (χ0) is 19.1. The number of nitrogens with one attached hydrogen (secondary N) is 1. The van der Waals surface area contributed by atoms with E-state index in [9.17, 15) is 4.79 Å². The van der Waals surface area contributed by atoms with Crippen molar-refractivity contribution < 1.29 is 4.79 Å². The van der Waals surface area contributed by atoms with Crippen LogP contribution >= 0.6 is 11.6 Å². The van der Waals surface area contributed by atoms with Crippen LogP contribution in [0.25, 0.3) is 0 Å². The third-order valence-electron chi connectivity index (χ3n) is 5.06. The molecule has 2 aromatic carbocycles. The number of carbonyl (C=O) groups is 1. The summed E-state index contributed by atoms with van der Waals surface area (Å²) in [6.45, 7) is 6.02. The number of rotatable bonds is 7. The molecule has 1 aliphatic heterocycles. The minimum Gasteiger partial charge on any atom is -0.352 e. The molecule has 0 aliphatic carbocycles. The van der Waals surface area contributed by atoms with Gasteiger partial charge in [0.25, 0.3) is 0 Å². The van der Waals surface area contributed by atoms with Gasteiger partial charge in [-0.3, -0.25) is 9.69 Å². The molecule has 0 aromatic heterocycles. The van der Waals surface area contributed by atoms with Gasteiger partial charge in [-0.1, -0.05) is 54.1 Å². The van der Waals surface area contributed by atoms with Crippen molar-refractivity contribution in [1.82, 2.24) is 15.1 Å². The van der Waals surface area contributed by atoms with Gasteiger partial charge in [0.05, 0.1) is 0 Å². The Labute approximate surface area is 167 Å². The topological polar surface area (TPSA) is 35.6 Å². The van der Waals surface area contributed by atoms with Crippen LogP contribution in [0.4, 0.5) is 0 Å². The van der Waals surface area contributed by atoms with Gasteiger partial charge >= 0.3 is 0 Å². The predicted molar refractivity (Wildman–Crippen MR) is 111 cm³/mol. The van der Waals surface area contributed by atoms with Crippen LogP contribution in [-0.2, 0) is 24.3 Å². The Morgan fingerprint density at radius 3 is 2.56 bits per heavy atom. The number of halogens is 1. The molecular formula is C22H28ClN3O. The second kappa shape index (κ2) is 9.88. The molecule has 1 N–H and O–H groups in total. The van der Waals surface area contributed by atoms with Gasteiger partial charge in [0.2, 0.25) is 5.91 Å². The quantitative estimate of drug-likeness (QED) is 0.794. The Morgan fingerprint density at radius 2 is 1.78 bits per heavy atom. The monoisotopic (exact) mass is 385 g/mol. The van der Waals surface area contributed by atoms with Crippen molar-refractivity contribution in [2.45, 2.75) is 25.9 Å². The first-order valence-electron chi connectivity index (χ1n) is 9.59. The maximum atomic E-state index is 12.2. The van der Waals surface area contributed by atoms with E-state index in [0.29, 0.717) is 19.4 Å². The summed E-state index contributed by atoms with van der Waals surface area (Å²) in [4.78, 5) is 17.0. The smallest absolute Gasteiger partial charge is 0.220 e. The number of likely N-dealkylation sites (N-methyl/N-ethyl adjacent to an activating group) is 1. The Morgan fingerprint density at radius 1 is 1.04 bits per heavy atom. The molecule has 0 radical (unpaired) electrons. The lowest BCUT2D eigenvalue weighted by atomic mass is 10.1. The van der Waals surface area contributed by atoms with E-state index < -0.39 is 0 Å². The summed E-state index contributed by atoms with van der Waals surface area (Å²) in [5.41, 5.74) is 3.47. The molecule has 1 aliphatic rings. The Kier molecular flexibility index (Phi) is 7.27. The van der Waals surface area contributed by atoms with Gasteiger partial charge in [-0.05, 0) is 36.2 Å². The number of amides is 1. The Hall–Kier alpha value is -1.88. The zero-order valence-electron chi connectivity index (χ0n) is 16.0. The average molecular weight is 386 g/mol. The van der Waals surface area contributed by atoms with Crippen LogP contribution in [0.3, 0.4) is 0 Å². The van der Waals surface area contributed by atoms with E-state index in [2.05, 4.69) is 46.4 Å². The van der Waals surface area contributed by atoms with Crippen molar-refractivity contribution in [2.75, 3.05) is 33.2 Å². The molecule has 0 spiro atoms. The minimum atomic E-state index is 0.0550. The van der Waals surface area contributed by atoms with Crippen molar-refractivity contribution in [1.29, 1.82) is 0 Å². The van der Waals surface area contributed by atoms with Crippen molar-refractivity contribution >= 4 is 17.5 Å². The van der Waals surface area contributed by atoms with Crippen LogP contribution in [0, 0.1) is 0 Å². The molecule has 4 nitrogen and oxygen atoms in total. The van der Waals surface area contributed by atoms with Gasteiger partial charge in [0, 0.05) is 50.7 Å². The third-order valence-corrected chi connectivity index (χ3v) is 5.43. The summed E-state index contributed by atoms with van der Waals surface area (Å²) in [5.74, 6) is 0.0550. The fourth-order valence-corrected chi connectivity index (χ4v) is 3.57. The zero-order valence-corrected chi connectivity index (χ0v) is 16.7. The number of carbonyl (C=O) groups excluding carboxylic acids is 1. The highest BCUT2D eigenvalue weighted by Crippen LogP contribution is 2.16. The van der Waals surface area contributed by atoms with Gasteiger partial charge in [-0.25, -0.2) is 0 Å². The molecule has 3 rings (SSSR count). The number of aryl methyl sites for hydroxylation is 1. The van der Waals surface area contributed by atoms with E-state index in [-0.39, 0.29) is 5.91 Å². The van der Waals surface area contributed by atoms with E-state index in [1.807, 2.05) is 24.3 Å². The summed E-state index contributed by atoms with van der Waals surface area (Å²) in [7, 11) is 2.17. The Balaban J connectivity index is 1.45. The van der Waals surface area contributed by atoms with Crippen LogP contribution < -0.4 is 5.32 Å². The SMILES string of the molecule is CN1CCN(Cc2cccc(CNC(=O)CCc3ccccc3Cl)c2)CC1. The van der Waals surface area contributed by atoms with Crippen molar-refractivity contribution in [3.05, 3.63) is 70.2 Å². The second-order valence-corrected chi connectivity index (χ2v) is 7.67. The first-order valence-corrected chi connectivity index (χ1v) is 9.97. The highest BCUT2D eigenvalue weighted by Gasteiger charge is 2.14. The molecule has 1 fully saturated rings. The summed E-state index contributed by atoms with van der Waals surface area (Å²) in [6, 6.07) is 16.2. The summed E-state index contributed by atoms with van der Waals surface area (Å²) < 4.78 is 0. The number of benzene rings is 2. The van der Waals surface area contributed by atoms with Crippen LogP contribution in [0.2, 0.25) is 5.02 Å². The molecule has 0 saturated carbocycles. The number of piperazine rings is 1. The first-order chi connectivity index (χ1) is 13.1. The number of hydrogen-bond donors (Lipinski definition) is 1. The number of hydrogen-bond acceptors (Lipinski definition) is 3. The highest BCUT2D eigenvalue weighted by molar-refractivity contribution is 6.31. The van der Waals surface area contributed by atoms with Crippen LogP contribution in [0.5, 0.6) is 0 Å². The third kappa shape index (κ3) is 6.35. The van der Waals surface area contributed by atoms with E-state index >= 15 is 0 Å². The molecule has 2 aromatic rings. The van der Waals surface area contributed by atoms with Crippen molar-refractivity contribution in [3.8, 4) is 0 Å². The average Bonchev–Trinajstić information content (AvgIpc) is 2.68. The molecule has 5 heteroatoms. The molecule has 0 bridgehead atoms. The van der Waals surface area contributed by atoms with Gasteiger partial charge < -0.3 is 10.2 Å². The molecule has 1 saturated heterocycles. The molecule has 144 valence electrons. The van der Waals surface area contributed by atoms with E-state index in [1.54, 1.807) is 0 Å². The molecular weight excluding hydrogens is 358 g/mol. The fourth-order valence-electron chi connectivity index (χ4n) is 3.34. The second-order valence-electron chi connectivity index (χ2n) is 7.27. The van der Waals surface area contributed by atoms with Gasteiger partial charge in [0.1, 0.15) is 0 Å². The first kappa shape index (κ1) is 19.9. The molecule has 1 heterocycles. The van der Waals surface area contributed by atoms with Crippen molar-refractivity contribution in [3.63, 3.8) is 0 Å². The minimum absolute atomic E-state index is 0.0550. The van der Waals surface area contributed by atoms with E-state index in [0.717, 1.165) is 48.9 Å². The molecule has 1 amide bonds. The maximum Gasteiger partial charge on any atom is 0.220 e. The highest BCUT2D eigenvalue weighted by atomic mass is 35.5. The van der Waals surface area contributed by atoms with E-state index in [4.69, 9.17) is 11.6 Å². The largest absolute Gasteiger partial charge is 0.352 e. The lowest BCUT2D eigenvalue weighted by molar-refractivity contribution is -0.121. The van der Waals surface area contributed by atoms with Gasteiger partial charge in [-0.15, -0.1) is 0 Å². The summed E-state index contributed by atoms with van der Waals surface area (Å²) in [5, 5.41) is 3.75. The molecule has 27 heavy (non-hydrogen) atoms. The van der Waals surface area contributed by atoms with E-state index in [1.165, 1.54) is 5.56 Å². The summed E-state index contributed by atoms with van der Waals surface area (Å²) in [6.07, 6.45) is 1.11.